The minimum Gasteiger partial charge on any atom is -0.461 e. The number of carbonyl (C=O) groups is 1. The molecule has 0 atom stereocenters. The molecule has 0 radical (unpaired) electrons. The first kappa shape index (κ1) is 10.7. The molecule has 0 amide bonds. The number of esters is 1. The van der Waals surface area contributed by atoms with Crippen LogP contribution in [0.5, 0.6) is 0 Å². The molecule has 1 aromatic rings. The van der Waals surface area contributed by atoms with Crippen molar-refractivity contribution < 1.29 is 18.3 Å². The molecule has 0 unspecified atom stereocenters. The molecule has 78 valence electrons. The summed E-state index contributed by atoms with van der Waals surface area (Å²) in [4.78, 5) is 11.2. The molecule has 0 fully saturated rings. The van der Waals surface area contributed by atoms with Gasteiger partial charge in [-0.15, -0.1) is 0 Å². The molecule has 0 aliphatic rings. The van der Waals surface area contributed by atoms with Crippen LogP contribution in [0.1, 0.15) is 29.7 Å². The van der Waals surface area contributed by atoms with Gasteiger partial charge in [0.2, 0.25) is 0 Å². The molecule has 0 aliphatic heterocycles. The molecule has 0 N–H and O–H groups in total. The Morgan fingerprint density at radius 3 is 2.71 bits per heavy atom. The van der Waals surface area contributed by atoms with Crippen LogP contribution >= 0.6 is 0 Å². The minimum absolute atomic E-state index is 0.112. The van der Waals surface area contributed by atoms with E-state index in [1.807, 2.05) is 0 Å². The van der Waals surface area contributed by atoms with Crippen molar-refractivity contribution in [3.05, 3.63) is 23.5 Å². The lowest BCUT2D eigenvalue weighted by Crippen LogP contribution is -2.13. The second-order valence-electron chi connectivity index (χ2n) is 2.73. The summed E-state index contributed by atoms with van der Waals surface area (Å²) < 4.78 is 30.2. The van der Waals surface area contributed by atoms with Crippen LogP contribution in [0, 0.1) is 6.92 Å². The molecule has 0 aliphatic carbocycles. The molecule has 3 nitrogen and oxygen atoms in total. The summed E-state index contributed by atoms with van der Waals surface area (Å²) in [6.07, 6.45) is 0. The number of hydrogen-bond acceptors (Lipinski definition) is 2. The van der Waals surface area contributed by atoms with Crippen LogP contribution in [0.4, 0.5) is 8.78 Å². The van der Waals surface area contributed by atoms with Gasteiger partial charge in [-0.05, 0) is 26.0 Å². The summed E-state index contributed by atoms with van der Waals surface area (Å²) in [7, 11) is 0. The number of hydrogen-bond donors (Lipinski definition) is 0. The summed E-state index contributed by atoms with van der Waals surface area (Å²) in [6.45, 7) is 0.589. The van der Waals surface area contributed by atoms with Crippen LogP contribution in [-0.4, -0.2) is 17.1 Å². The molecule has 0 bridgehead atoms. The quantitative estimate of drug-likeness (QED) is 0.706. The van der Waals surface area contributed by atoms with E-state index in [2.05, 4.69) is 4.74 Å². The van der Waals surface area contributed by atoms with E-state index in [1.165, 1.54) is 19.1 Å². The second-order valence-corrected chi connectivity index (χ2v) is 2.73. The van der Waals surface area contributed by atoms with Crippen molar-refractivity contribution in [2.75, 3.05) is 6.61 Å². The highest BCUT2D eigenvalue weighted by molar-refractivity contribution is 5.88. The minimum atomic E-state index is -2.72. The number of rotatable bonds is 3. The maximum atomic E-state index is 12.5. The number of alkyl halides is 2. The predicted octanol–water partition coefficient (Wildman–Crippen LogP) is 2.37. The lowest BCUT2D eigenvalue weighted by atomic mass is 10.4. The summed E-state index contributed by atoms with van der Waals surface area (Å²) in [5.74, 6) is -0.721. The molecule has 0 aromatic carbocycles. The number of halogens is 2. The lowest BCUT2D eigenvalue weighted by Gasteiger charge is -2.08. The van der Waals surface area contributed by atoms with Crippen LogP contribution in [0.3, 0.4) is 0 Å². The van der Waals surface area contributed by atoms with Gasteiger partial charge in [-0.2, -0.15) is 8.78 Å². The largest absolute Gasteiger partial charge is 0.461 e. The summed E-state index contributed by atoms with van der Waals surface area (Å²) in [5.41, 5.74) is 0.224. The second kappa shape index (κ2) is 4.21. The number of nitrogens with zero attached hydrogens (tertiary/aromatic N) is 1. The zero-order chi connectivity index (χ0) is 10.7. The number of aryl methyl sites for hydroxylation is 1. The third-order valence-corrected chi connectivity index (χ3v) is 1.80. The van der Waals surface area contributed by atoms with Crippen LogP contribution < -0.4 is 0 Å². The van der Waals surface area contributed by atoms with Gasteiger partial charge in [-0.3, -0.25) is 4.57 Å². The zero-order valence-corrected chi connectivity index (χ0v) is 7.96. The van der Waals surface area contributed by atoms with E-state index in [0.717, 1.165) is 0 Å². The number of ether oxygens (including phenoxy) is 1. The Morgan fingerprint density at radius 2 is 2.21 bits per heavy atom. The van der Waals surface area contributed by atoms with Crippen molar-refractivity contribution in [1.29, 1.82) is 0 Å². The molecular weight excluding hydrogens is 192 g/mol. The van der Waals surface area contributed by atoms with Crippen molar-refractivity contribution in [1.82, 2.24) is 4.57 Å². The molecule has 1 heterocycles. The third-order valence-electron chi connectivity index (χ3n) is 1.80. The maximum absolute atomic E-state index is 12.5. The summed E-state index contributed by atoms with van der Waals surface area (Å²) in [6, 6.07) is 2.79. The van der Waals surface area contributed by atoms with Gasteiger partial charge in [0.1, 0.15) is 5.69 Å². The van der Waals surface area contributed by atoms with Crippen molar-refractivity contribution in [3.63, 3.8) is 0 Å². The van der Waals surface area contributed by atoms with Gasteiger partial charge in [-0.25, -0.2) is 4.79 Å². The van der Waals surface area contributed by atoms with Crippen molar-refractivity contribution in [3.8, 4) is 0 Å². The van der Waals surface area contributed by atoms with Gasteiger partial charge in [0, 0.05) is 5.69 Å². The third kappa shape index (κ3) is 1.92. The first-order chi connectivity index (χ1) is 6.57. The van der Waals surface area contributed by atoms with Gasteiger partial charge in [0.25, 0.3) is 0 Å². The van der Waals surface area contributed by atoms with Crippen molar-refractivity contribution in [2.24, 2.45) is 0 Å². The predicted molar refractivity (Wildman–Crippen MR) is 46.4 cm³/mol. The average Bonchev–Trinajstić information content (AvgIpc) is 2.47. The number of carbonyl (C=O) groups excluding carboxylic acids is 1. The fourth-order valence-corrected chi connectivity index (χ4v) is 1.18. The van der Waals surface area contributed by atoms with Crippen molar-refractivity contribution >= 4 is 5.97 Å². The summed E-state index contributed by atoms with van der Waals surface area (Å²) >= 11 is 0. The number of aromatic nitrogens is 1. The smallest absolute Gasteiger partial charge is 0.355 e. The van der Waals surface area contributed by atoms with Crippen molar-refractivity contribution in [2.45, 2.75) is 20.4 Å². The Hall–Kier alpha value is -1.39. The van der Waals surface area contributed by atoms with Gasteiger partial charge < -0.3 is 4.74 Å². The zero-order valence-electron chi connectivity index (χ0n) is 7.96. The van der Waals surface area contributed by atoms with Crippen LogP contribution in [0.25, 0.3) is 0 Å². The van der Waals surface area contributed by atoms with E-state index >= 15 is 0 Å². The normalized spacial score (nSPS) is 10.6. The molecule has 5 heteroatoms. The van der Waals surface area contributed by atoms with E-state index < -0.39 is 12.5 Å². The first-order valence-corrected chi connectivity index (χ1v) is 4.21. The topological polar surface area (TPSA) is 31.2 Å². The van der Waals surface area contributed by atoms with Gasteiger partial charge in [0.05, 0.1) is 6.61 Å². The van der Waals surface area contributed by atoms with Crippen LogP contribution in [0.15, 0.2) is 12.1 Å². The Bertz CT molecular complexity index is 334. The highest BCUT2D eigenvalue weighted by atomic mass is 19.3. The molecule has 0 saturated carbocycles. The fourth-order valence-electron chi connectivity index (χ4n) is 1.18. The molecule has 0 spiro atoms. The Balaban J connectivity index is 3.02. The van der Waals surface area contributed by atoms with Crippen LogP contribution in [0.2, 0.25) is 0 Å². The van der Waals surface area contributed by atoms with Gasteiger partial charge in [-0.1, -0.05) is 0 Å². The molecule has 0 saturated heterocycles. The highest BCUT2D eigenvalue weighted by Crippen LogP contribution is 2.19. The van der Waals surface area contributed by atoms with E-state index in [-0.39, 0.29) is 12.3 Å². The van der Waals surface area contributed by atoms with E-state index in [9.17, 15) is 13.6 Å². The van der Waals surface area contributed by atoms with E-state index in [1.54, 1.807) is 6.92 Å². The maximum Gasteiger partial charge on any atom is 0.355 e. The highest BCUT2D eigenvalue weighted by Gasteiger charge is 2.19. The van der Waals surface area contributed by atoms with E-state index in [0.29, 0.717) is 10.3 Å². The molecule has 1 aromatic heterocycles. The van der Waals surface area contributed by atoms with Crippen LogP contribution in [-0.2, 0) is 4.74 Å². The van der Waals surface area contributed by atoms with Gasteiger partial charge in [0.15, 0.2) is 0 Å². The Kier molecular flexibility index (Phi) is 3.22. The first-order valence-electron chi connectivity index (χ1n) is 4.21. The Morgan fingerprint density at radius 1 is 1.57 bits per heavy atom. The Labute approximate surface area is 80.3 Å². The summed E-state index contributed by atoms with van der Waals surface area (Å²) in [5, 5.41) is 0. The SMILES string of the molecule is CCOC(=O)c1ccc(C)n1C(F)F. The standard InChI is InChI=1S/C9H11F2NO2/c1-3-14-8(13)7-5-4-6(2)12(7)9(10)11/h4-5,9H,3H2,1-2H3. The average molecular weight is 203 g/mol. The molecule has 1 rings (SSSR count). The molecule has 14 heavy (non-hydrogen) atoms. The molecular formula is C9H11F2NO2. The van der Waals surface area contributed by atoms with E-state index in [4.69, 9.17) is 0 Å². The van der Waals surface area contributed by atoms with Gasteiger partial charge >= 0.3 is 12.5 Å². The fraction of sp³-hybridized carbons (Fsp3) is 0.444. The monoisotopic (exact) mass is 203 g/mol. The lowest BCUT2D eigenvalue weighted by molar-refractivity contribution is 0.0407.